The van der Waals surface area contributed by atoms with E-state index in [-0.39, 0.29) is 0 Å². The van der Waals surface area contributed by atoms with Crippen molar-refractivity contribution < 1.29 is 5.11 Å². The van der Waals surface area contributed by atoms with Crippen molar-refractivity contribution >= 4 is 11.8 Å². The van der Waals surface area contributed by atoms with Gasteiger partial charge in [0.15, 0.2) is 5.16 Å². The van der Waals surface area contributed by atoms with Crippen LogP contribution in [-0.2, 0) is 7.05 Å². The van der Waals surface area contributed by atoms with Crippen molar-refractivity contribution in [2.75, 3.05) is 5.75 Å². The Balaban J connectivity index is 2.49. The number of aromatic nitrogens is 2. The molecular weight excluding hydrogens is 172 g/mol. The zero-order valence-electron chi connectivity index (χ0n) is 7.61. The fourth-order valence-electron chi connectivity index (χ4n) is 0.732. The second kappa shape index (κ2) is 3.49. The molecule has 3 nitrogen and oxygen atoms in total. The van der Waals surface area contributed by atoms with Gasteiger partial charge in [-0.2, -0.15) is 0 Å². The summed E-state index contributed by atoms with van der Waals surface area (Å²) in [6.07, 6.45) is 3.65. The number of thioether (sulfide) groups is 1. The number of imidazole rings is 1. The Labute approximate surface area is 76.8 Å². The first-order chi connectivity index (χ1) is 5.49. The van der Waals surface area contributed by atoms with Crippen LogP contribution in [0.1, 0.15) is 13.8 Å². The first kappa shape index (κ1) is 9.61. The maximum absolute atomic E-state index is 9.45. The highest BCUT2D eigenvalue weighted by Gasteiger charge is 2.13. The van der Waals surface area contributed by atoms with Gasteiger partial charge in [-0.1, -0.05) is 11.8 Å². The fourth-order valence-corrected chi connectivity index (χ4v) is 1.61. The summed E-state index contributed by atoms with van der Waals surface area (Å²) in [5.74, 6) is 0.665. The van der Waals surface area contributed by atoms with Crippen molar-refractivity contribution in [3.8, 4) is 0 Å². The van der Waals surface area contributed by atoms with E-state index in [2.05, 4.69) is 4.98 Å². The largest absolute Gasteiger partial charge is 0.390 e. The predicted molar refractivity (Wildman–Crippen MR) is 50.2 cm³/mol. The molecule has 68 valence electrons. The lowest BCUT2D eigenvalue weighted by Gasteiger charge is -2.15. The molecule has 1 aromatic heterocycles. The van der Waals surface area contributed by atoms with Gasteiger partial charge in [-0.05, 0) is 13.8 Å². The molecule has 0 aliphatic carbocycles. The summed E-state index contributed by atoms with van der Waals surface area (Å²) in [7, 11) is 1.94. The molecule has 0 bridgehead atoms. The molecule has 0 aliphatic rings. The minimum atomic E-state index is -0.628. The van der Waals surface area contributed by atoms with Gasteiger partial charge >= 0.3 is 0 Å². The highest BCUT2D eigenvalue weighted by molar-refractivity contribution is 7.99. The lowest BCUT2D eigenvalue weighted by Crippen LogP contribution is -2.21. The predicted octanol–water partition coefficient (Wildman–Crippen LogP) is 1.28. The lowest BCUT2D eigenvalue weighted by atomic mass is 10.2. The van der Waals surface area contributed by atoms with Gasteiger partial charge in [-0.25, -0.2) is 4.98 Å². The number of hydrogen-bond acceptors (Lipinski definition) is 3. The van der Waals surface area contributed by atoms with Crippen LogP contribution in [0.15, 0.2) is 17.6 Å². The van der Waals surface area contributed by atoms with Gasteiger partial charge in [0.1, 0.15) is 0 Å². The summed E-state index contributed by atoms with van der Waals surface area (Å²) in [5, 5.41) is 10.4. The Kier molecular flexibility index (Phi) is 2.80. The van der Waals surface area contributed by atoms with Crippen molar-refractivity contribution in [3.63, 3.8) is 0 Å². The van der Waals surface area contributed by atoms with Gasteiger partial charge in [0, 0.05) is 25.2 Å². The monoisotopic (exact) mass is 186 g/mol. The van der Waals surface area contributed by atoms with Crippen LogP contribution in [0.25, 0.3) is 0 Å². The fraction of sp³-hybridized carbons (Fsp3) is 0.625. The van der Waals surface area contributed by atoms with Gasteiger partial charge in [0.2, 0.25) is 0 Å². The van der Waals surface area contributed by atoms with Crippen LogP contribution in [0.3, 0.4) is 0 Å². The van der Waals surface area contributed by atoms with Gasteiger partial charge in [0.05, 0.1) is 5.60 Å². The average Bonchev–Trinajstić information content (AvgIpc) is 2.29. The van der Waals surface area contributed by atoms with Crippen molar-refractivity contribution in [2.45, 2.75) is 24.6 Å². The minimum Gasteiger partial charge on any atom is -0.390 e. The molecule has 1 rings (SSSR count). The van der Waals surface area contributed by atoms with Crippen LogP contribution < -0.4 is 0 Å². The molecule has 0 radical (unpaired) electrons. The van der Waals surface area contributed by atoms with Crippen molar-refractivity contribution in [1.29, 1.82) is 0 Å². The molecule has 1 N–H and O–H groups in total. The van der Waals surface area contributed by atoms with Crippen molar-refractivity contribution in [1.82, 2.24) is 9.55 Å². The van der Waals surface area contributed by atoms with Crippen LogP contribution >= 0.6 is 11.8 Å². The third-order valence-electron chi connectivity index (χ3n) is 1.33. The smallest absolute Gasteiger partial charge is 0.167 e. The second-order valence-corrected chi connectivity index (χ2v) is 4.36. The number of aliphatic hydroxyl groups is 1. The molecule has 0 unspecified atom stereocenters. The Hall–Kier alpha value is -0.480. The number of aryl methyl sites for hydroxylation is 1. The van der Waals surface area contributed by atoms with E-state index in [1.54, 1.807) is 31.8 Å². The van der Waals surface area contributed by atoms with Crippen LogP contribution in [0, 0.1) is 0 Å². The van der Waals surface area contributed by atoms with Gasteiger partial charge in [0.25, 0.3) is 0 Å². The molecule has 0 fully saturated rings. The molecule has 0 spiro atoms. The topological polar surface area (TPSA) is 38.0 Å². The summed E-state index contributed by atoms with van der Waals surface area (Å²) < 4.78 is 1.94. The van der Waals surface area contributed by atoms with E-state index < -0.39 is 5.60 Å². The Morgan fingerprint density at radius 2 is 2.33 bits per heavy atom. The van der Waals surface area contributed by atoms with Crippen LogP contribution in [-0.4, -0.2) is 26.0 Å². The van der Waals surface area contributed by atoms with E-state index in [4.69, 9.17) is 0 Å². The molecule has 0 saturated carbocycles. The van der Waals surface area contributed by atoms with Crippen molar-refractivity contribution in [3.05, 3.63) is 12.4 Å². The number of rotatable bonds is 3. The highest BCUT2D eigenvalue weighted by Crippen LogP contribution is 2.19. The summed E-state index contributed by atoms with van der Waals surface area (Å²) in [6.45, 7) is 3.59. The number of hydrogen-bond donors (Lipinski definition) is 1. The first-order valence-corrected chi connectivity index (χ1v) is 4.80. The first-order valence-electron chi connectivity index (χ1n) is 3.81. The average molecular weight is 186 g/mol. The van der Waals surface area contributed by atoms with Gasteiger partial charge in [-0.15, -0.1) is 0 Å². The standard InChI is InChI=1S/C8H14N2OS/c1-8(2,11)6-12-7-9-4-5-10(7)3/h4-5,11H,6H2,1-3H3. The molecule has 0 aliphatic heterocycles. The molecule has 0 aromatic carbocycles. The normalized spacial score (nSPS) is 12.0. The third kappa shape index (κ3) is 2.87. The molecule has 0 atom stereocenters. The summed E-state index contributed by atoms with van der Waals surface area (Å²) in [4.78, 5) is 4.13. The zero-order valence-corrected chi connectivity index (χ0v) is 8.43. The van der Waals surface area contributed by atoms with E-state index in [0.29, 0.717) is 5.75 Å². The molecular formula is C8H14N2OS. The van der Waals surface area contributed by atoms with E-state index >= 15 is 0 Å². The molecule has 1 aromatic rings. The summed E-state index contributed by atoms with van der Waals surface area (Å²) >= 11 is 1.56. The summed E-state index contributed by atoms with van der Waals surface area (Å²) in [6, 6.07) is 0. The maximum atomic E-state index is 9.45. The molecule has 0 saturated heterocycles. The Morgan fingerprint density at radius 1 is 1.67 bits per heavy atom. The van der Waals surface area contributed by atoms with E-state index in [1.165, 1.54) is 0 Å². The van der Waals surface area contributed by atoms with Gasteiger partial charge < -0.3 is 9.67 Å². The quantitative estimate of drug-likeness (QED) is 0.723. The minimum absolute atomic E-state index is 0.628. The molecule has 0 amide bonds. The van der Waals surface area contributed by atoms with Crippen LogP contribution in [0.2, 0.25) is 0 Å². The van der Waals surface area contributed by atoms with Crippen LogP contribution in [0.4, 0.5) is 0 Å². The lowest BCUT2D eigenvalue weighted by molar-refractivity contribution is 0.107. The third-order valence-corrected chi connectivity index (χ3v) is 2.83. The second-order valence-electron chi connectivity index (χ2n) is 3.42. The molecule has 4 heteroatoms. The Morgan fingerprint density at radius 3 is 2.75 bits per heavy atom. The highest BCUT2D eigenvalue weighted by atomic mass is 32.2. The van der Waals surface area contributed by atoms with E-state index in [1.807, 2.05) is 17.8 Å². The molecule has 12 heavy (non-hydrogen) atoms. The van der Waals surface area contributed by atoms with Crippen molar-refractivity contribution in [2.24, 2.45) is 7.05 Å². The molecule has 1 heterocycles. The summed E-state index contributed by atoms with van der Waals surface area (Å²) in [5.41, 5.74) is -0.628. The van der Waals surface area contributed by atoms with E-state index in [9.17, 15) is 5.11 Å². The SMILES string of the molecule is Cn1ccnc1SCC(C)(C)O. The zero-order chi connectivity index (χ0) is 9.19. The van der Waals surface area contributed by atoms with Crippen LogP contribution in [0.5, 0.6) is 0 Å². The Bertz CT molecular complexity index is 252. The van der Waals surface area contributed by atoms with Gasteiger partial charge in [-0.3, -0.25) is 0 Å². The number of nitrogens with zero attached hydrogens (tertiary/aromatic N) is 2. The van der Waals surface area contributed by atoms with E-state index in [0.717, 1.165) is 5.16 Å². The maximum Gasteiger partial charge on any atom is 0.167 e.